The van der Waals surface area contributed by atoms with Crippen LogP contribution in [0.2, 0.25) is 0 Å². The number of likely N-dealkylation sites (tertiary alicyclic amines) is 1. The lowest BCUT2D eigenvalue weighted by molar-refractivity contribution is -0.120. The van der Waals surface area contributed by atoms with E-state index >= 15 is 0 Å². The highest BCUT2D eigenvalue weighted by Gasteiger charge is 2.42. The van der Waals surface area contributed by atoms with Gasteiger partial charge in [-0.15, -0.1) is 24.0 Å². The zero-order valence-corrected chi connectivity index (χ0v) is 19.2. The average Bonchev–Trinajstić information content (AvgIpc) is 3.20. The van der Waals surface area contributed by atoms with Gasteiger partial charge in [0.1, 0.15) is 0 Å². The molecule has 0 aromatic heterocycles. The lowest BCUT2D eigenvalue weighted by Crippen LogP contribution is -2.51. The standard InChI is InChI=1S/C21H29N5O2.HI/c1-2-22-20(26-11-5-9-21(14-26)12-18(27)24-13-21)23-10-8-16-15-6-3-4-7-17(15)25-19(16)28;/h3-4,6-7,16H,2,5,8-14H2,1H3,(H,22,23)(H,24,27)(H,25,28);1H. The number of nitrogens with one attached hydrogen (secondary N) is 3. The number of aliphatic imine (C=N–C) groups is 1. The number of fused-ring (bicyclic) bond motifs is 1. The SMILES string of the molecule is CCNC(=NCCC1C(=O)Nc2ccccc21)N1CCCC2(CNC(=O)C2)C1.I. The van der Waals surface area contributed by atoms with Gasteiger partial charge < -0.3 is 20.9 Å². The number of rotatable bonds is 4. The molecule has 2 fully saturated rings. The van der Waals surface area contributed by atoms with Gasteiger partial charge in [0, 0.05) is 50.2 Å². The quantitative estimate of drug-likeness (QED) is 0.329. The van der Waals surface area contributed by atoms with E-state index in [1.807, 2.05) is 24.3 Å². The van der Waals surface area contributed by atoms with Crippen LogP contribution in [0.25, 0.3) is 0 Å². The molecule has 158 valence electrons. The minimum Gasteiger partial charge on any atom is -0.357 e. The molecule has 0 radical (unpaired) electrons. The van der Waals surface area contributed by atoms with Gasteiger partial charge >= 0.3 is 0 Å². The zero-order chi connectivity index (χ0) is 19.6. The van der Waals surface area contributed by atoms with E-state index in [0.717, 1.165) is 56.2 Å². The molecule has 29 heavy (non-hydrogen) atoms. The van der Waals surface area contributed by atoms with Crippen LogP contribution in [-0.4, -0.2) is 55.4 Å². The van der Waals surface area contributed by atoms with E-state index in [4.69, 9.17) is 4.99 Å². The first kappa shape index (κ1) is 21.9. The smallest absolute Gasteiger partial charge is 0.232 e. The van der Waals surface area contributed by atoms with Crippen LogP contribution in [0, 0.1) is 5.41 Å². The number of guanidine groups is 1. The highest BCUT2D eigenvalue weighted by molar-refractivity contribution is 14.0. The molecule has 1 aromatic carbocycles. The summed E-state index contributed by atoms with van der Waals surface area (Å²) < 4.78 is 0. The maximum absolute atomic E-state index is 12.3. The summed E-state index contributed by atoms with van der Waals surface area (Å²) >= 11 is 0. The fraction of sp³-hybridized carbons (Fsp3) is 0.571. The van der Waals surface area contributed by atoms with Gasteiger partial charge in [-0.2, -0.15) is 0 Å². The van der Waals surface area contributed by atoms with Gasteiger partial charge in [0.15, 0.2) is 5.96 Å². The normalized spacial score (nSPS) is 26.0. The fourth-order valence-electron chi connectivity index (χ4n) is 4.72. The van der Waals surface area contributed by atoms with Crippen molar-refractivity contribution in [3.63, 3.8) is 0 Å². The number of carbonyl (C=O) groups is 2. The molecule has 0 bridgehead atoms. The summed E-state index contributed by atoms with van der Waals surface area (Å²) in [6, 6.07) is 7.89. The summed E-state index contributed by atoms with van der Waals surface area (Å²) in [5, 5.41) is 9.35. The fourth-order valence-corrected chi connectivity index (χ4v) is 4.72. The molecule has 3 heterocycles. The Bertz CT molecular complexity index is 799. The van der Waals surface area contributed by atoms with E-state index in [2.05, 4.69) is 27.8 Å². The Labute approximate surface area is 189 Å². The molecule has 2 unspecified atom stereocenters. The molecule has 7 nitrogen and oxygen atoms in total. The lowest BCUT2D eigenvalue weighted by atomic mass is 9.79. The van der Waals surface area contributed by atoms with Gasteiger partial charge in [-0.1, -0.05) is 18.2 Å². The van der Waals surface area contributed by atoms with Gasteiger partial charge in [0.05, 0.1) is 5.92 Å². The Morgan fingerprint density at radius 1 is 1.34 bits per heavy atom. The molecule has 8 heteroatoms. The molecule has 0 saturated carbocycles. The molecule has 1 aromatic rings. The van der Waals surface area contributed by atoms with Gasteiger partial charge in [-0.25, -0.2) is 0 Å². The van der Waals surface area contributed by atoms with E-state index in [-0.39, 0.29) is 47.1 Å². The number of benzene rings is 1. The first-order chi connectivity index (χ1) is 13.6. The highest BCUT2D eigenvalue weighted by atomic mass is 127. The van der Waals surface area contributed by atoms with Crippen LogP contribution < -0.4 is 16.0 Å². The Morgan fingerprint density at radius 3 is 2.93 bits per heavy atom. The number of hydrogen-bond donors (Lipinski definition) is 3. The first-order valence-electron chi connectivity index (χ1n) is 10.3. The molecule has 3 N–H and O–H groups in total. The highest BCUT2D eigenvalue weighted by Crippen LogP contribution is 2.36. The van der Waals surface area contributed by atoms with Crippen molar-refractivity contribution in [2.75, 3.05) is 38.0 Å². The predicted octanol–water partition coefficient (Wildman–Crippen LogP) is 2.30. The Morgan fingerprint density at radius 2 is 2.17 bits per heavy atom. The third-order valence-electron chi connectivity index (χ3n) is 6.08. The minimum absolute atomic E-state index is 0. The molecule has 2 amide bonds. The van der Waals surface area contributed by atoms with Crippen molar-refractivity contribution < 1.29 is 9.59 Å². The second kappa shape index (κ2) is 9.32. The topological polar surface area (TPSA) is 85.8 Å². The average molecular weight is 511 g/mol. The van der Waals surface area contributed by atoms with Crippen LogP contribution in [0.3, 0.4) is 0 Å². The maximum Gasteiger partial charge on any atom is 0.232 e. The number of hydrogen-bond acceptors (Lipinski definition) is 3. The van der Waals surface area contributed by atoms with Gasteiger partial charge in [0.25, 0.3) is 0 Å². The summed E-state index contributed by atoms with van der Waals surface area (Å²) in [6.07, 6.45) is 3.46. The third-order valence-corrected chi connectivity index (χ3v) is 6.08. The number of anilines is 1. The van der Waals surface area contributed by atoms with E-state index in [1.165, 1.54) is 0 Å². The van der Waals surface area contributed by atoms with Crippen molar-refractivity contribution in [3.05, 3.63) is 29.8 Å². The summed E-state index contributed by atoms with van der Waals surface area (Å²) in [5.41, 5.74) is 2.03. The molecule has 1 spiro atoms. The largest absolute Gasteiger partial charge is 0.357 e. The monoisotopic (exact) mass is 511 g/mol. The summed E-state index contributed by atoms with van der Waals surface area (Å²) in [6.45, 7) is 6.03. The Kier molecular flexibility index (Phi) is 7.02. The zero-order valence-electron chi connectivity index (χ0n) is 16.9. The number of para-hydroxylation sites is 1. The molecular formula is C21H30IN5O2. The maximum atomic E-state index is 12.3. The molecule has 2 saturated heterocycles. The summed E-state index contributed by atoms with van der Waals surface area (Å²) in [5.74, 6) is 0.989. The molecular weight excluding hydrogens is 481 g/mol. The van der Waals surface area contributed by atoms with E-state index < -0.39 is 0 Å². The number of carbonyl (C=O) groups excluding carboxylic acids is 2. The number of nitrogens with zero attached hydrogens (tertiary/aromatic N) is 2. The van der Waals surface area contributed by atoms with Crippen molar-refractivity contribution in [2.45, 2.75) is 38.5 Å². The van der Waals surface area contributed by atoms with Crippen molar-refractivity contribution in [1.29, 1.82) is 0 Å². The van der Waals surface area contributed by atoms with Crippen molar-refractivity contribution in [2.24, 2.45) is 10.4 Å². The number of piperidine rings is 1. The van der Waals surface area contributed by atoms with Crippen LogP contribution in [0.5, 0.6) is 0 Å². The second-order valence-electron chi connectivity index (χ2n) is 8.13. The van der Waals surface area contributed by atoms with Gasteiger partial charge in [0.2, 0.25) is 11.8 Å². The lowest BCUT2D eigenvalue weighted by Gasteiger charge is -2.40. The first-order valence-corrected chi connectivity index (χ1v) is 10.3. The van der Waals surface area contributed by atoms with Crippen LogP contribution in [0.4, 0.5) is 5.69 Å². The summed E-state index contributed by atoms with van der Waals surface area (Å²) in [7, 11) is 0. The van der Waals surface area contributed by atoms with Gasteiger partial charge in [-0.05, 0) is 37.8 Å². The van der Waals surface area contributed by atoms with Crippen molar-refractivity contribution in [1.82, 2.24) is 15.5 Å². The molecule has 2 atom stereocenters. The van der Waals surface area contributed by atoms with Crippen LogP contribution >= 0.6 is 24.0 Å². The van der Waals surface area contributed by atoms with Crippen LogP contribution in [0.15, 0.2) is 29.3 Å². The van der Waals surface area contributed by atoms with Crippen LogP contribution in [0.1, 0.15) is 44.1 Å². The van der Waals surface area contributed by atoms with Crippen LogP contribution in [-0.2, 0) is 9.59 Å². The Balaban J connectivity index is 0.00000240. The predicted molar refractivity (Wildman–Crippen MR) is 125 cm³/mol. The Hall–Kier alpha value is -1.84. The van der Waals surface area contributed by atoms with E-state index in [0.29, 0.717) is 19.4 Å². The van der Waals surface area contributed by atoms with E-state index in [1.54, 1.807) is 0 Å². The van der Waals surface area contributed by atoms with Crippen molar-refractivity contribution >= 4 is 47.4 Å². The molecule has 4 rings (SSSR count). The molecule has 3 aliphatic rings. The minimum atomic E-state index is -0.132. The second-order valence-corrected chi connectivity index (χ2v) is 8.13. The number of amides is 2. The van der Waals surface area contributed by atoms with E-state index in [9.17, 15) is 9.59 Å². The molecule has 3 aliphatic heterocycles. The number of halogens is 1. The third kappa shape index (κ3) is 4.67. The van der Waals surface area contributed by atoms with Crippen molar-refractivity contribution in [3.8, 4) is 0 Å². The van der Waals surface area contributed by atoms with Gasteiger partial charge in [-0.3, -0.25) is 14.6 Å². The summed E-state index contributed by atoms with van der Waals surface area (Å²) in [4.78, 5) is 31.2. The molecule has 0 aliphatic carbocycles.